The molecule has 0 aromatic heterocycles. The number of hydrogen-bond donors (Lipinski definition) is 2. The second-order valence-corrected chi connectivity index (χ2v) is 9.81. The number of benzene rings is 2. The van der Waals surface area contributed by atoms with Crippen molar-refractivity contribution in [1.82, 2.24) is 10.2 Å². The van der Waals surface area contributed by atoms with Crippen LogP contribution in [-0.4, -0.2) is 49.4 Å². The second kappa shape index (κ2) is 9.19. The molecule has 1 saturated heterocycles. The summed E-state index contributed by atoms with van der Waals surface area (Å²) in [6, 6.07) is 5.68. The van der Waals surface area contributed by atoms with E-state index in [1.54, 1.807) is 0 Å². The van der Waals surface area contributed by atoms with Gasteiger partial charge in [-0.2, -0.15) is 0 Å². The molecule has 0 radical (unpaired) electrons. The van der Waals surface area contributed by atoms with Gasteiger partial charge in [-0.3, -0.25) is 38.9 Å². The third-order valence-electron chi connectivity index (χ3n) is 5.42. The minimum absolute atomic E-state index is 0.0531. The molecule has 0 aliphatic carbocycles. The molecule has 1 unspecified atom stereocenters. The maximum Gasteiger partial charge on any atom is 0.522 e. The molecule has 2 aromatic carbocycles. The molecule has 4 amide bonds. The molecule has 190 valence electrons. The number of sulfonamides is 1. The van der Waals surface area contributed by atoms with Crippen molar-refractivity contribution in [2.45, 2.75) is 36.7 Å². The van der Waals surface area contributed by atoms with Crippen molar-refractivity contribution in [2.75, 3.05) is 4.72 Å². The van der Waals surface area contributed by atoms with E-state index in [2.05, 4.69) is 14.8 Å². The fraction of sp³-hybridized carbons (Fsp3) is 0.238. The summed E-state index contributed by atoms with van der Waals surface area (Å²) in [5.41, 5.74) is -0.625. The number of nitrogens with zero attached hydrogens (tertiary/aromatic N) is 1. The van der Waals surface area contributed by atoms with Crippen LogP contribution in [0.1, 0.15) is 39.1 Å². The lowest BCUT2D eigenvalue weighted by Gasteiger charge is -2.27. The van der Waals surface area contributed by atoms with Crippen molar-refractivity contribution in [3.63, 3.8) is 0 Å². The monoisotopic (exact) mass is 545 g/mol. The zero-order valence-corrected chi connectivity index (χ0v) is 19.5. The lowest BCUT2D eigenvalue weighted by molar-refractivity contribution is -0.330. The number of ether oxygens (including phenoxy) is 1. The highest BCUT2D eigenvalue weighted by Crippen LogP contribution is 2.32. The van der Waals surface area contributed by atoms with Crippen LogP contribution in [0.15, 0.2) is 41.3 Å². The molecule has 15 heteroatoms. The number of halogens is 4. The van der Waals surface area contributed by atoms with Crippen LogP contribution in [0.4, 0.5) is 18.9 Å². The van der Waals surface area contributed by atoms with Crippen molar-refractivity contribution >= 4 is 50.9 Å². The first-order valence-corrected chi connectivity index (χ1v) is 12.0. The molecular formula is C21H15ClF3N3O7S. The van der Waals surface area contributed by atoms with Crippen LogP contribution in [0.5, 0.6) is 0 Å². The van der Waals surface area contributed by atoms with E-state index >= 15 is 0 Å². The van der Waals surface area contributed by atoms with E-state index in [1.807, 2.05) is 0 Å². The van der Waals surface area contributed by atoms with E-state index in [0.717, 1.165) is 18.2 Å². The van der Waals surface area contributed by atoms with Crippen LogP contribution in [0.3, 0.4) is 0 Å². The molecule has 1 atom stereocenters. The van der Waals surface area contributed by atoms with Gasteiger partial charge in [-0.25, -0.2) is 8.42 Å². The lowest BCUT2D eigenvalue weighted by atomic mass is 10.0. The van der Waals surface area contributed by atoms with Crippen molar-refractivity contribution < 1.29 is 45.5 Å². The number of anilines is 1. The lowest BCUT2D eigenvalue weighted by Crippen LogP contribution is -2.54. The predicted octanol–water partition coefficient (Wildman–Crippen LogP) is 2.58. The number of fused-ring (bicyclic) bond motifs is 1. The minimum atomic E-state index is -4.95. The quantitative estimate of drug-likeness (QED) is 0.532. The largest absolute Gasteiger partial charge is 0.522 e. The Balaban J connectivity index is 1.58. The third kappa shape index (κ3) is 4.92. The number of amides is 4. The average molecular weight is 546 g/mol. The molecule has 36 heavy (non-hydrogen) atoms. The molecule has 2 aromatic rings. The molecule has 0 saturated carbocycles. The maximum absolute atomic E-state index is 12.9. The highest BCUT2D eigenvalue weighted by Gasteiger charge is 2.44. The number of imide groups is 2. The molecule has 2 N–H and O–H groups in total. The van der Waals surface area contributed by atoms with Gasteiger partial charge in [0, 0.05) is 12.1 Å². The van der Waals surface area contributed by atoms with Gasteiger partial charge in [-0.1, -0.05) is 23.7 Å². The highest BCUT2D eigenvalue weighted by atomic mass is 35.5. The van der Waals surface area contributed by atoms with Crippen molar-refractivity contribution in [1.29, 1.82) is 0 Å². The molecule has 0 spiro atoms. The van der Waals surface area contributed by atoms with Crippen LogP contribution in [0.25, 0.3) is 0 Å². The van der Waals surface area contributed by atoms with Gasteiger partial charge in [-0.05, 0) is 36.2 Å². The number of rotatable bonds is 6. The summed E-state index contributed by atoms with van der Waals surface area (Å²) in [6.07, 6.45) is -5.07. The van der Waals surface area contributed by atoms with Crippen LogP contribution in [0.2, 0.25) is 5.02 Å². The van der Waals surface area contributed by atoms with Gasteiger partial charge in [0.2, 0.25) is 11.8 Å². The summed E-state index contributed by atoms with van der Waals surface area (Å²) >= 11 is 6.02. The Morgan fingerprint density at radius 3 is 2.44 bits per heavy atom. The predicted molar refractivity (Wildman–Crippen MR) is 116 cm³/mol. The molecule has 2 aliphatic heterocycles. The van der Waals surface area contributed by atoms with Crippen LogP contribution >= 0.6 is 11.6 Å². The second-order valence-electron chi connectivity index (χ2n) is 7.78. The molecule has 10 nitrogen and oxygen atoms in total. The summed E-state index contributed by atoms with van der Waals surface area (Å²) in [5, 5.41) is 1.57. The molecule has 2 heterocycles. The van der Waals surface area contributed by atoms with Crippen molar-refractivity contribution in [3.8, 4) is 0 Å². The molecule has 1 fully saturated rings. The van der Waals surface area contributed by atoms with E-state index in [-0.39, 0.29) is 35.2 Å². The maximum atomic E-state index is 12.9. The van der Waals surface area contributed by atoms with Crippen molar-refractivity contribution in [3.05, 3.63) is 58.1 Å². The average Bonchev–Trinajstić information content (AvgIpc) is 3.02. The normalized spacial score (nSPS) is 18.3. The Labute approximate surface area is 206 Å². The smallest absolute Gasteiger partial charge is 0.295 e. The van der Waals surface area contributed by atoms with Crippen LogP contribution in [0, 0.1) is 0 Å². The minimum Gasteiger partial charge on any atom is -0.295 e. The van der Waals surface area contributed by atoms with E-state index in [1.165, 1.54) is 18.2 Å². The summed E-state index contributed by atoms with van der Waals surface area (Å²) in [7, 11) is -4.45. The Morgan fingerprint density at radius 1 is 1.08 bits per heavy atom. The van der Waals surface area contributed by atoms with Crippen LogP contribution in [-0.2, 0) is 31.0 Å². The first kappa shape index (κ1) is 25.6. The first-order valence-electron chi connectivity index (χ1n) is 10.1. The molecule has 0 bridgehead atoms. The fourth-order valence-electron chi connectivity index (χ4n) is 3.78. The summed E-state index contributed by atoms with van der Waals surface area (Å²) in [5.74, 6) is -2.96. The Hall–Kier alpha value is -3.49. The molecular weight excluding hydrogens is 531 g/mol. The Bertz CT molecular complexity index is 1410. The highest BCUT2D eigenvalue weighted by molar-refractivity contribution is 7.92. The van der Waals surface area contributed by atoms with E-state index in [4.69, 9.17) is 11.6 Å². The standard InChI is InChI=1S/C21H15ClF3N3O7S/c22-17-10(9-35-21(23,24)25)2-1-3-15(17)36(33,34)27-11-4-5-12-13(8-11)20(32)28(19(12)31)14-6-7-16(29)26-18(14)30/h1-5,8,14,27H,6-7,9H2,(H,26,29,30). The number of alkyl halides is 3. The number of piperidine rings is 1. The summed E-state index contributed by atoms with van der Waals surface area (Å²) in [6.45, 7) is -1.02. The van der Waals surface area contributed by atoms with Gasteiger partial charge in [0.1, 0.15) is 10.9 Å². The van der Waals surface area contributed by atoms with E-state index in [0.29, 0.717) is 4.90 Å². The summed E-state index contributed by atoms with van der Waals surface area (Å²) < 4.78 is 68.8. The zero-order valence-electron chi connectivity index (χ0n) is 17.9. The fourth-order valence-corrected chi connectivity index (χ4v) is 5.44. The SMILES string of the molecule is O=C1CCC(N2C(=O)c3ccc(NS(=O)(=O)c4cccc(COC(F)(F)F)c4Cl)cc3C2=O)C(=O)N1. The van der Waals surface area contributed by atoms with Gasteiger partial charge in [0.15, 0.2) is 0 Å². The van der Waals surface area contributed by atoms with Gasteiger partial charge in [-0.15, -0.1) is 13.2 Å². The topological polar surface area (TPSA) is 139 Å². The number of carbonyl (C=O) groups is 4. The molecule has 4 rings (SSSR count). The zero-order chi connectivity index (χ0) is 26.4. The van der Waals surface area contributed by atoms with Crippen LogP contribution < -0.4 is 10.0 Å². The van der Waals surface area contributed by atoms with Gasteiger partial charge in [0.25, 0.3) is 21.8 Å². The van der Waals surface area contributed by atoms with E-state index in [9.17, 15) is 40.8 Å². The van der Waals surface area contributed by atoms with Crippen molar-refractivity contribution in [2.24, 2.45) is 0 Å². The first-order chi connectivity index (χ1) is 16.8. The molecule has 2 aliphatic rings. The summed E-state index contributed by atoms with van der Waals surface area (Å²) in [4.78, 5) is 49.4. The van der Waals surface area contributed by atoms with Gasteiger partial charge >= 0.3 is 6.36 Å². The Kier molecular flexibility index (Phi) is 6.53. The number of nitrogens with one attached hydrogen (secondary N) is 2. The third-order valence-corrected chi connectivity index (χ3v) is 7.40. The number of carbonyl (C=O) groups excluding carboxylic acids is 4. The van der Waals surface area contributed by atoms with E-state index < -0.39 is 62.6 Å². The van der Waals surface area contributed by atoms with Gasteiger partial charge in [0.05, 0.1) is 22.8 Å². The van der Waals surface area contributed by atoms with Gasteiger partial charge < -0.3 is 0 Å². The Morgan fingerprint density at radius 2 is 1.78 bits per heavy atom. The number of hydrogen-bond acceptors (Lipinski definition) is 7.